The van der Waals surface area contributed by atoms with Crippen LogP contribution < -0.4 is 5.32 Å². The first-order valence-corrected chi connectivity index (χ1v) is 10.1. The molecule has 0 saturated carbocycles. The lowest BCUT2D eigenvalue weighted by Gasteiger charge is -2.15. The van der Waals surface area contributed by atoms with Gasteiger partial charge in [0.1, 0.15) is 10.6 Å². The van der Waals surface area contributed by atoms with Crippen molar-refractivity contribution >= 4 is 21.8 Å². The van der Waals surface area contributed by atoms with Crippen LogP contribution in [0.25, 0.3) is 11.3 Å². The number of hydrogen-bond donors (Lipinski definition) is 1. The lowest BCUT2D eigenvalue weighted by molar-refractivity contribution is -0.116. The molecule has 0 aliphatic heterocycles. The summed E-state index contributed by atoms with van der Waals surface area (Å²) in [6.45, 7) is 1.70. The van der Waals surface area contributed by atoms with E-state index in [4.69, 9.17) is 4.52 Å². The van der Waals surface area contributed by atoms with Crippen LogP contribution >= 0.6 is 0 Å². The summed E-state index contributed by atoms with van der Waals surface area (Å²) < 4.78 is 30.9. The smallest absolute Gasteiger partial charge is 0.244 e. The predicted molar refractivity (Wildman–Crippen MR) is 104 cm³/mol. The average molecular weight is 400 g/mol. The molecule has 0 spiro atoms. The molecule has 8 nitrogen and oxygen atoms in total. The van der Waals surface area contributed by atoms with Crippen LogP contribution in [0.15, 0.2) is 64.3 Å². The molecule has 0 bridgehead atoms. The Bertz CT molecular complexity index is 1050. The Hall–Kier alpha value is -3.04. The molecule has 2 heterocycles. The lowest BCUT2D eigenvalue weighted by atomic mass is 10.1. The van der Waals surface area contributed by atoms with Crippen molar-refractivity contribution in [2.24, 2.45) is 0 Å². The minimum absolute atomic E-state index is 0.0165. The molecular weight excluding hydrogens is 380 g/mol. The quantitative estimate of drug-likeness (QED) is 0.653. The third-order valence-corrected chi connectivity index (χ3v) is 5.93. The minimum atomic E-state index is -3.81. The van der Waals surface area contributed by atoms with E-state index in [1.54, 1.807) is 6.07 Å². The summed E-state index contributed by atoms with van der Waals surface area (Å²) in [7, 11) is -2.48. The average Bonchev–Trinajstić information content (AvgIpc) is 3.17. The first kappa shape index (κ1) is 19.7. The zero-order chi connectivity index (χ0) is 20.1. The van der Waals surface area contributed by atoms with E-state index in [0.29, 0.717) is 5.69 Å². The van der Waals surface area contributed by atoms with Gasteiger partial charge < -0.3 is 4.52 Å². The van der Waals surface area contributed by atoms with Crippen LogP contribution in [-0.2, 0) is 21.2 Å². The van der Waals surface area contributed by atoms with Gasteiger partial charge in [-0.15, -0.1) is 0 Å². The van der Waals surface area contributed by atoms with Crippen molar-refractivity contribution in [3.8, 4) is 11.3 Å². The van der Waals surface area contributed by atoms with E-state index in [-0.39, 0.29) is 17.3 Å². The highest BCUT2D eigenvalue weighted by molar-refractivity contribution is 7.89. The van der Waals surface area contributed by atoms with Gasteiger partial charge in [-0.25, -0.2) is 8.42 Å². The molecule has 1 aromatic carbocycles. The Morgan fingerprint density at radius 1 is 1.21 bits per heavy atom. The molecule has 0 atom stereocenters. The zero-order valence-electron chi connectivity index (χ0n) is 15.5. The van der Waals surface area contributed by atoms with Gasteiger partial charge in [0, 0.05) is 31.1 Å². The fourth-order valence-electron chi connectivity index (χ4n) is 2.53. The van der Waals surface area contributed by atoms with E-state index in [0.717, 1.165) is 16.3 Å². The van der Waals surface area contributed by atoms with Crippen LogP contribution in [0, 0.1) is 0 Å². The van der Waals surface area contributed by atoms with Gasteiger partial charge in [0.25, 0.3) is 0 Å². The van der Waals surface area contributed by atoms with Gasteiger partial charge >= 0.3 is 0 Å². The van der Waals surface area contributed by atoms with Gasteiger partial charge in [-0.1, -0.05) is 36.3 Å². The lowest BCUT2D eigenvalue weighted by Crippen LogP contribution is -2.34. The third kappa shape index (κ3) is 4.44. The Morgan fingerprint density at radius 3 is 2.61 bits per heavy atom. The van der Waals surface area contributed by atoms with E-state index in [2.05, 4.69) is 22.4 Å². The minimum Gasteiger partial charge on any atom is -0.338 e. The molecule has 146 valence electrons. The number of rotatable bonds is 7. The zero-order valence-corrected chi connectivity index (χ0v) is 16.3. The summed E-state index contributed by atoms with van der Waals surface area (Å²) in [5.41, 5.74) is 2.64. The van der Waals surface area contributed by atoms with Crippen molar-refractivity contribution in [1.82, 2.24) is 14.4 Å². The van der Waals surface area contributed by atoms with E-state index in [1.165, 1.54) is 37.1 Å². The molecule has 9 heteroatoms. The van der Waals surface area contributed by atoms with Crippen molar-refractivity contribution in [3.05, 3.63) is 60.4 Å². The highest BCUT2D eigenvalue weighted by Gasteiger charge is 2.23. The molecule has 0 fully saturated rings. The molecule has 0 aliphatic rings. The van der Waals surface area contributed by atoms with Crippen LogP contribution in [0.3, 0.4) is 0 Å². The van der Waals surface area contributed by atoms with E-state index in [9.17, 15) is 13.2 Å². The first-order valence-electron chi connectivity index (χ1n) is 8.62. The largest absolute Gasteiger partial charge is 0.338 e. The van der Waals surface area contributed by atoms with Crippen LogP contribution in [0.5, 0.6) is 0 Å². The second kappa shape index (κ2) is 8.32. The standard InChI is InChI=1S/C19H20N4O4S/c1-3-14-6-8-15(9-7-14)17-11-19(27-22-17)21-18(24)13-23(2)28(25,26)16-5-4-10-20-12-16/h4-12H,3,13H2,1-2H3,(H,21,24). The SMILES string of the molecule is CCc1ccc(-c2cc(NC(=O)CN(C)S(=O)(=O)c3cccnc3)on2)cc1. The van der Waals surface area contributed by atoms with E-state index < -0.39 is 15.9 Å². The van der Waals surface area contributed by atoms with Crippen LogP contribution in [-0.4, -0.2) is 42.4 Å². The topological polar surface area (TPSA) is 105 Å². The highest BCUT2D eigenvalue weighted by atomic mass is 32.2. The van der Waals surface area contributed by atoms with Gasteiger partial charge in [-0.2, -0.15) is 4.31 Å². The molecule has 28 heavy (non-hydrogen) atoms. The van der Waals surface area contributed by atoms with Crippen LogP contribution in [0.4, 0.5) is 5.88 Å². The number of aryl methyl sites for hydroxylation is 1. The van der Waals surface area contributed by atoms with Gasteiger partial charge in [0.2, 0.25) is 21.8 Å². The summed E-state index contributed by atoms with van der Waals surface area (Å²) >= 11 is 0. The maximum atomic E-state index is 12.4. The fraction of sp³-hybridized carbons (Fsp3) is 0.211. The number of amides is 1. The summed E-state index contributed by atoms with van der Waals surface area (Å²) in [6, 6.07) is 12.4. The number of nitrogens with zero attached hydrogens (tertiary/aromatic N) is 3. The number of hydrogen-bond acceptors (Lipinski definition) is 6. The molecule has 0 unspecified atom stereocenters. The molecule has 0 saturated heterocycles. The Labute approximate surface area is 163 Å². The van der Waals surface area contributed by atoms with Crippen molar-refractivity contribution in [3.63, 3.8) is 0 Å². The maximum Gasteiger partial charge on any atom is 0.244 e. The maximum absolute atomic E-state index is 12.4. The van der Waals surface area contributed by atoms with Crippen molar-refractivity contribution < 1.29 is 17.7 Å². The molecule has 2 aromatic heterocycles. The number of anilines is 1. The summed E-state index contributed by atoms with van der Waals surface area (Å²) in [4.78, 5) is 16.0. The van der Waals surface area contributed by atoms with Crippen LogP contribution in [0.2, 0.25) is 0 Å². The molecule has 1 amide bonds. The van der Waals surface area contributed by atoms with Gasteiger partial charge in [0.15, 0.2) is 0 Å². The first-order chi connectivity index (χ1) is 13.4. The number of aromatic nitrogens is 2. The second-order valence-electron chi connectivity index (χ2n) is 6.12. The van der Waals surface area contributed by atoms with Gasteiger partial charge in [-0.3, -0.25) is 15.1 Å². The number of benzene rings is 1. The Kier molecular flexibility index (Phi) is 5.86. The number of sulfonamides is 1. The summed E-state index contributed by atoms with van der Waals surface area (Å²) in [5.74, 6) is -0.397. The van der Waals surface area contributed by atoms with E-state index in [1.807, 2.05) is 24.3 Å². The van der Waals surface area contributed by atoms with E-state index >= 15 is 0 Å². The van der Waals surface area contributed by atoms with Crippen molar-refractivity contribution in [1.29, 1.82) is 0 Å². The number of likely N-dealkylation sites (N-methyl/N-ethyl adjacent to an activating group) is 1. The third-order valence-electron chi connectivity index (χ3n) is 4.14. The normalized spacial score (nSPS) is 11.5. The van der Waals surface area contributed by atoms with Gasteiger partial charge in [-0.05, 0) is 24.1 Å². The molecule has 3 rings (SSSR count). The molecular formula is C19H20N4O4S. The summed E-state index contributed by atoms with van der Waals surface area (Å²) in [6.07, 6.45) is 3.65. The Balaban J connectivity index is 1.64. The predicted octanol–water partition coefficient (Wildman–Crippen LogP) is 2.56. The highest BCUT2D eigenvalue weighted by Crippen LogP contribution is 2.22. The van der Waals surface area contributed by atoms with Gasteiger partial charge in [0.05, 0.1) is 6.54 Å². The number of carbonyl (C=O) groups excluding carboxylic acids is 1. The van der Waals surface area contributed by atoms with Crippen molar-refractivity contribution in [2.45, 2.75) is 18.2 Å². The monoisotopic (exact) mass is 400 g/mol. The second-order valence-corrected chi connectivity index (χ2v) is 8.17. The molecule has 0 aliphatic carbocycles. The molecule has 3 aromatic rings. The summed E-state index contributed by atoms with van der Waals surface area (Å²) in [5, 5.41) is 6.46. The molecule has 0 radical (unpaired) electrons. The number of nitrogens with one attached hydrogen (secondary N) is 1. The number of pyridine rings is 1. The van der Waals surface area contributed by atoms with Crippen LogP contribution in [0.1, 0.15) is 12.5 Å². The molecule has 1 N–H and O–H groups in total. The van der Waals surface area contributed by atoms with Crippen molar-refractivity contribution in [2.75, 3.05) is 18.9 Å². The fourth-order valence-corrected chi connectivity index (χ4v) is 3.62. The number of carbonyl (C=O) groups is 1. The Morgan fingerprint density at radius 2 is 1.96 bits per heavy atom.